The van der Waals surface area contributed by atoms with Gasteiger partial charge in [0.15, 0.2) is 0 Å². The number of nitrogens with zero attached hydrogens (tertiary/aromatic N) is 3. The lowest BCUT2D eigenvalue weighted by Crippen LogP contribution is -2.41. The van der Waals surface area contributed by atoms with Crippen LogP contribution in [0.15, 0.2) is 62.9 Å². The Labute approximate surface area is 233 Å². The standard InChI is InChI=1S/C29H29FN6O5/c1-16-25-24(26(34(3)27(16)39)33-22-10-5-4-9-21(22)30)28(40)36(19-11-12-19)29(41)35(25)20-8-6-7-18(15-20)32-23(38)13-14-31-17(2)37/h4-10,15,19,33H,11-14H2,1-3H3,(H,31,37)(H,32,38). The van der Waals surface area contributed by atoms with E-state index in [9.17, 15) is 28.4 Å². The minimum absolute atomic E-state index is 0.0411. The van der Waals surface area contributed by atoms with Crippen LogP contribution in [-0.4, -0.2) is 32.1 Å². The van der Waals surface area contributed by atoms with E-state index in [1.807, 2.05) is 0 Å². The average molecular weight is 561 g/mol. The molecule has 0 spiro atoms. The molecule has 4 aromatic rings. The molecule has 2 amide bonds. The number of anilines is 3. The highest BCUT2D eigenvalue weighted by Crippen LogP contribution is 2.34. The molecule has 0 saturated heterocycles. The Bertz CT molecular complexity index is 1890. The van der Waals surface area contributed by atoms with Gasteiger partial charge in [-0.25, -0.2) is 9.18 Å². The Morgan fingerprint density at radius 1 is 1.02 bits per heavy atom. The van der Waals surface area contributed by atoms with Crippen molar-refractivity contribution in [3.05, 3.63) is 91.1 Å². The fourth-order valence-corrected chi connectivity index (χ4v) is 4.84. The molecule has 1 fully saturated rings. The summed E-state index contributed by atoms with van der Waals surface area (Å²) in [5.41, 5.74) is -0.664. The molecule has 2 aromatic carbocycles. The highest BCUT2D eigenvalue weighted by molar-refractivity contribution is 5.94. The zero-order chi connectivity index (χ0) is 29.4. The molecule has 0 bridgehead atoms. The summed E-state index contributed by atoms with van der Waals surface area (Å²) in [5, 5.41) is 8.28. The molecule has 41 heavy (non-hydrogen) atoms. The molecule has 0 atom stereocenters. The first kappa shape index (κ1) is 27.6. The van der Waals surface area contributed by atoms with Crippen LogP contribution >= 0.6 is 0 Å². The summed E-state index contributed by atoms with van der Waals surface area (Å²) in [6.07, 6.45) is 1.33. The normalized spacial score (nSPS) is 12.8. The molecule has 2 aromatic heterocycles. The van der Waals surface area contributed by atoms with E-state index in [4.69, 9.17) is 0 Å². The third-order valence-corrected chi connectivity index (χ3v) is 7.00. The van der Waals surface area contributed by atoms with Crippen molar-refractivity contribution in [1.29, 1.82) is 0 Å². The number of carbonyl (C=O) groups excluding carboxylic acids is 2. The number of fused-ring (bicyclic) bond motifs is 1. The number of amides is 2. The number of aryl methyl sites for hydroxylation is 1. The fourth-order valence-electron chi connectivity index (χ4n) is 4.84. The van der Waals surface area contributed by atoms with Crippen molar-refractivity contribution in [3.63, 3.8) is 0 Å². The first-order chi connectivity index (χ1) is 19.6. The Hall–Kier alpha value is -5.00. The predicted molar refractivity (Wildman–Crippen MR) is 154 cm³/mol. The number of aromatic nitrogens is 3. The van der Waals surface area contributed by atoms with Crippen molar-refractivity contribution in [1.82, 2.24) is 19.0 Å². The van der Waals surface area contributed by atoms with Crippen molar-refractivity contribution in [2.45, 2.75) is 39.2 Å². The first-order valence-electron chi connectivity index (χ1n) is 13.2. The highest BCUT2D eigenvalue weighted by atomic mass is 19.1. The van der Waals surface area contributed by atoms with Gasteiger partial charge in [-0.1, -0.05) is 18.2 Å². The maximum atomic E-state index is 14.6. The van der Waals surface area contributed by atoms with Gasteiger partial charge in [-0.3, -0.25) is 32.9 Å². The fraction of sp³-hybridized carbons (Fsp3) is 0.276. The van der Waals surface area contributed by atoms with Crippen LogP contribution in [0.5, 0.6) is 0 Å². The quantitative estimate of drug-likeness (QED) is 0.303. The summed E-state index contributed by atoms with van der Waals surface area (Å²) in [6, 6.07) is 12.1. The lowest BCUT2D eigenvalue weighted by Gasteiger charge is -2.21. The molecule has 5 rings (SSSR count). The lowest BCUT2D eigenvalue weighted by molar-refractivity contribution is -0.119. The topological polar surface area (TPSA) is 136 Å². The molecule has 1 aliphatic carbocycles. The van der Waals surface area contributed by atoms with Gasteiger partial charge in [-0.15, -0.1) is 0 Å². The second kappa shape index (κ2) is 10.9. The summed E-state index contributed by atoms with van der Waals surface area (Å²) >= 11 is 0. The van der Waals surface area contributed by atoms with Gasteiger partial charge in [0.25, 0.3) is 11.1 Å². The molecule has 11 nitrogen and oxygen atoms in total. The molecule has 1 saturated carbocycles. The molecular formula is C29H29FN6O5. The Kier molecular flexibility index (Phi) is 7.31. The molecule has 2 heterocycles. The number of benzene rings is 2. The van der Waals surface area contributed by atoms with Crippen LogP contribution < -0.4 is 32.8 Å². The monoisotopic (exact) mass is 560 g/mol. The zero-order valence-electron chi connectivity index (χ0n) is 22.8. The van der Waals surface area contributed by atoms with Crippen LogP contribution in [0.25, 0.3) is 16.6 Å². The second-order valence-electron chi connectivity index (χ2n) is 10.0. The summed E-state index contributed by atoms with van der Waals surface area (Å²) in [6.45, 7) is 3.05. The largest absolute Gasteiger partial charge is 0.356 e. The second-order valence-corrected chi connectivity index (χ2v) is 10.0. The van der Waals surface area contributed by atoms with Gasteiger partial charge in [0, 0.05) is 44.2 Å². The van der Waals surface area contributed by atoms with Crippen LogP contribution in [0.4, 0.5) is 21.6 Å². The number of rotatable bonds is 8. The lowest BCUT2D eigenvalue weighted by atomic mass is 10.1. The maximum absolute atomic E-state index is 14.6. The molecule has 0 radical (unpaired) electrons. The molecule has 1 aliphatic rings. The smallest absolute Gasteiger partial charge is 0.336 e. The molecule has 0 unspecified atom stereocenters. The van der Waals surface area contributed by atoms with Gasteiger partial charge in [0.2, 0.25) is 11.8 Å². The van der Waals surface area contributed by atoms with Crippen molar-refractivity contribution >= 4 is 39.9 Å². The van der Waals surface area contributed by atoms with Crippen molar-refractivity contribution in [2.75, 3.05) is 17.2 Å². The number of nitrogens with one attached hydrogen (secondary N) is 3. The van der Waals surface area contributed by atoms with Crippen LogP contribution in [-0.2, 0) is 16.6 Å². The SMILES string of the molecule is CC(=O)NCCC(=O)Nc1cccc(-n2c(=O)n(C3CC3)c(=O)c3c(Nc4ccccc4F)n(C)c(=O)c(C)c32)c1. The maximum Gasteiger partial charge on any atom is 0.336 e. The number of pyridine rings is 1. The van der Waals surface area contributed by atoms with Gasteiger partial charge in [-0.05, 0) is 50.1 Å². The Morgan fingerprint density at radius 2 is 1.76 bits per heavy atom. The van der Waals surface area contributed by atoms with Gasteiger partial charge < -0.3 is 16.0 Å². The minimum Gasteiger partial charge on any atom is -0.356 e. The number of hydrogen-bond acceptors (Lipinski definition) is 6. The van der Waals surface area contributed by atoms with E-state index in [1.54, 1.807) is 30.3 Å². The zero-order valence-corrected chi connectivity index (χ0v) is 22.8. The summed E-state index contributed by atoms with van der Waals surface area (Å²) in [5.74, 6) is -1.12. The van der Waals surface area contributed by atoms with E-state index in [1.165, 1.54) is 52.8 Å². The van der Waals surface area contributed by atoms with Gasteiger partial charge in [0.05, 0.1) is 16.9 Å². The Morgan fingerprint density at radius 3 is 2.44 bits per heavy atom. The van der Waals surface area contributed by atoms with Crippen molar-refractivity contribution < 1.29 is 14.0 Å². The van der Waals surface area contributed by atoms with Crippen LogP contribution in [0.3, 0.4) is 0 Å². The molecule has 212 valence electrons. The molecule has 3 N–H and O–H groups in total. The predicted octanol–water partition coefficient (Wildman–Crippen LogP) is 2.84. The Balaban J connectivity index is 1.72. The highest BCUT2D eigenvalue weighted by Gasteiger charge is 2.31. The first-order valence-corrected chi connectivity index (χ1v) is 13.2. The minimum atomic E-state index is -0.618. The van der Waals surface area contributed by atoms with Gasteiger partial charge >= 0.3 is 5.69 Å². The van der Waals surface area contributed by atoms with Crippen molar-refractivity contribution in [3.8, 4) is 5.69 Å². The molecule has 12 heteroatoms. The molecule has 0 aliphatic heterocycles. The average Bonchev–Trinajstić information content (AvgIpc) is 3.76. The van der Waals surface area contributed by atoms with Gasteiger partial charge in [-0.2, -0.15) is 0 Å². The summed E-state index contributed by atoms with van der Waals surface area (Å²) < 4.78 is 18.3. The van der Waals surface area contributed by atoms with Crippen molar-refractivity contribution in [2.24, 2.45) is 7.05 Å². The third-order valence-electron chi connectivity index (χ3n) is 7.00. The van der Waals surface area contributed by atoms with Crippen LogP contribution in [0.1, 0.15) is 37.8 Å². The van der Waals surface area contributed by atoms with E-state index in [2.05, 4.69) is 16.0 Å². The molecular weight excluding hydrogens is 531 g/mol. The van der Waals surface area contributed by atoms with E-state index >= 15 is 0 Å². The van der Waals surface area contributed by atoms with Gasteiger partial charge in [0.1, 0.15) is 17.0 Å². The van der Waals surface area contributed by atoms with E-state index in [0.717, 1.165) is 0 Å². The van der Waals surface area contributed by atoms with E-state index in [-0.39, 0.29) is 58.8 Å². The van der Waals surface area contributed by atoms with E-state index in [0.29, 0.717) is 24.2 Å². The number of carbonyl (C=O) groups is 2. The summed E-state index contributed by atoms with van der Waals surface area (Å²) in [4.78, 5) is 64.7. The van der Waals surface area contributed by atoms with Crippen LogP contribution in [0, 0.1) is 12.7 Å². The van der Waals surface area contributed by atoms with Crippen LogP contribution in [0.2, 0.25) is 0 Å². The third kappa shape index (κ3) is 5.28. The number of halogens is 1. The summed E-state index contributed by atoms with van der Waals surface area (Å²) in [7, 11) is 1.48. The number of hydrogen-bond donors (Lipinski definition) is 3. The number of para-hydroxylation sites is 1. The van der Waals surface area contributed by atoms with E-state index < -0.39 is 22.6 Å².